The number of hydrazine groups is 1. The first-order chi connectivity index (χ1) is 10.7. The Bertz CT molecular complexity index is 789. The molecule has 2 aromatic rings. The van der Waals surface area contributed by atoms with E-state index in [4.69, 9.17) is 21.6 Å². The first-order valence-corrected chi connectivity index (χ1v) is 6.96. The molecule has 2 aromatic carbocycles. The maximum absolute atomic E-state index is 9.01. The minimum absolute atomic E-state index is 0.152. The van der Waals surface area contributed by atoms with Gasteiger partial charge in [-0.2, -0.15) is 5.26 Å². The summed E-state index contributed by atoms with van der Waals surface area (Å²) in [6.07, 6.45) is 0.931. The summed E-state index contributed by atoms with van der Waals surface area (Å²) in [6, 6.07) is 15.8. The van der Waals surface area contributed by atoms with Crippen LogP contribution in [0.2, 0.25) is 0 Å². The number of nitriles is 1. The van der Waals surface area contributed by atoms with Gasteiger partial charge in [0.2, 0.25) is 0 Å². The molecule has 0 unspecified atom stereocenters. The molecular weight excluding hydrogens is 276 g/mol. The molecule has 5 nitrogen and oxygen atoms in total. The van der Waals surface area contributed by atoms with E-state index in [1.54, 1.807) is 0 Å². The van der Waals surface area contributed by atoms with Crippen LogP contribution in [0.1, 0.15) is 11.1 Å². The van der Waals surface area contributed by atoms with Crippen molar-refractivity contribution in [2.24, 2.45) is 11.6 Å². The third-order valence-electron chi connectivity index (χ3n) is 3.72. The van der Waals surface area contributed by atoms with Gasteiger partial charge in [-0.15, -0.1) is 0 Å². The van der Waals surface area contributed by atoms with Gasteiger partial charge in [0, 0.05) is 12.0 Å². The van der Waals surface area contributed by atoms with Gasteiger partial charge in [0.25, 0.3) is 0 Å². The lowest BCUT2D eigenvalue weighted by Crippen LogP contribution is -2.23. The highest BCUT2D eigenvalue weighted by molar-refractivity contribution is 5.74. The Morgan fingerprint density at radius 1 is 1.18 bits per heavy atom. The Balaban J connectivity index is 2.02. The molecule has 0 saturated heterocycles. The summed E-state index contributed by atoms with van der Waals surface area (Å²) >= 11 is 0. The highest BCUT2D eigenvalue weighted by Gasteiger charge is 2.13. The van der Waals surface area contributed by atoms with Crippen LogP contribution < -0.4 is 21.7 Å². The molecule has 110 valence electrons. The van der Waals surface area contributed by atoms with Crippen LogP contribution in [0.25, 0.3) is 16.8 Å². The van der Waals surface area contributed by atoms with Crippen LogP contribution in [-0.2, 0) is 6.42 Å². The van der Waals surface area contributed by atoms with Gasteiger partial charge in [-0.05, 0) is 34.9 Å². The van der Waals surface area contributed by atoms with Crippen molar-refractivity contribution in [2.75, 3.05) is 6.61 Å². The average Bonchev–Trinajstić information content (AvgIpc) is 3.03. The molecule has 1 heterocycles. The predicted octanol–water partition coefficient (Wildman–Crippen LogP) is 1.90. The van der Waals surface area contributed by atoms with Crippen molar-refractivity contribution in [3.63, 3.8) is 0 Å². The lowest BCUT2D eigenvalue weighted by Gasteiger charge is -2.09. The zero-order chi connectivity index (χ0) is 15.5. The van der Waals surface area contributed by atoms with Crippen molar-refractivity contribution in [1.29, 1.82) is 5.26 Å². The first-order valence-electron chi connectivity index (χ1n) is 6.96. The minimum atomic E-state index is 0.152. The van der Waals surface area contributed by atoms with E-state index in [0.717, 1.165) is 35.5 Å². The summed E-state index contributed by atoms with van der Waals surface area (Å²) in [5.74, 6) is 6.26. The maximum atomic E-state index is 9.01. The fourth-order valence-electron chi connectivity index (χ4n) is 2.55. The van der Waals surface area contributed by atoms with Crippen molar-refractivity contribution in [2.45, 2.75) is 6.42 Å². The molecule has 0 saturated carbocycles. The lowest BCUT2D eigenvalue weighted by atomic mass is 9.99. The molecule has 5 heteroatoms. The number of hydrogen-bond donors (Lipinski definition) is 3. The van der Waals surface area contributed by atoms with Crippen LogP contribution in [0.4, 0.5) is 0 Å². The largest absolute Gasteiger partial charge is 0.493 e. The van der Waals surface area contributed by atoms with Gasteiger partial charge in [0.15, 0.2) is 5.70 Å². The van der Waals surface area contributed by atoms with Gasteiger partial charge < -0.3 is 15.9 Å². The van der Waals surface area contributed by atoms with Gasteiger partial charge in [-0.3, -0.25) is 0 Å². The lowest BCUT2D eigenvalue weighted by molar-refractivity contribution is 0.357. The van der Waals surface area contributed by atoms with Crippen LogP contribution in [-0.4, -0.2) is 6.61 Å². The third-order valence-corrected chi connectivity index (χ3v) is 3.72. The number of nitrogens with one attached hydrogen (secondary N) is 1. The van der Waals surface area contributed by atoms with Gasteiger partial charge >= 0.3 is 0 Å². The number of rotatable bonds is 3. The van der Waals surface area contributed by atoms with Crippen molar-refractivity contribution < 1.29 is 4.74 Å². The predicted molar refractivity (Wildman–Crippen MR) is 85.1 cm³/mol. The second kappa shape index (κ2) is 5.80. The molecule has 0 amide bonds. The molecule has 0 aromatic heterocycles. The molecule has 0 spiro atoms. The second-order valence-electron chi connectivity index (χ2n) is 5.05. The van der Waals surface area contributed by atoms with E-state index in [2.05, 4.69) is 11.5 Å². The molecule has 0 radical (unpaired) electrons. The highest BCUT2D eigenvalue weighted by Crippen LogP contribution is 2.31. The van der Waals surface area contributed by atoms with E-state index < -0.39 is 0 Å². The van der Waals surface area contributed by atoms with Crippen LogP contribution in [0.15, 0.2) is 48.2 Å². The fourth-order valence-corrected chi connectivity index (χ4v) is 2.55. The number of nitrogens with two attached hydrogens (primary N) is 2. The summed E-state index contributed by atoms with van der Waals surface area (Å²) in [5, 5.41) is 9.01. The highest BCUT2D eigenvalue weighted by atomic mass is 16.5. The fraction of sp³-hybridized carbons (Fsp3) is 0.118. The van der Waals surface area contributed by atoms with Gasteiger partial charge in [-0.1, -0.05) is 24.3 Å². The van der Waals surface area contributed by atoms with E-state index in [1.807, 2.05) is 42.5 Å². The summed E-state index contributed by atoms with van der Waals surface area (Å²) in [7, 11) is 0. The molecular formula is C17H16N4O. The van der Waals surface area contributed by atoms with Crippen LogP contribution >= 0.6 is 0 Å². The molecule has 0 aliphatic carbocycles. The second-order valence-corrected chi connectivity index (χ2v) is 5.05. The van der Waals surface area contributed by atoms with E-state index in [1.165, 1.54) is 5.56 Å². The number of benzene rings is 2. The number of fused-ring (bicyclic) bond motifs is 1. The summed E-state index contributed by atoms with van der Waals surface area (Å²) < 4.78 is 5.53. The molecule has 1 aliphatic rings. The average molecular weight is 292 g/mol. The van der Waals surface area contributed by atoms with Gasteiger partial charge in [-0.25, -0.2) is 5.84 Å². The molecule has 0 atom stereocenters. The van der Waals surface area contributed by atoms with Crippen molar-refractivity contribution in [3.05, 3.63) is 59.3 Å². The molecule has 22 heavy (non-hydrogen) atoms. The SMILES string of the molecule is N#C/C(NN)=C(/N)c1cccc(-c2ccc3c(c2)CCO3)c1. The molecule has 1 aliphatic heterocycles. The van der Waals surface area contributed by atoms with Crippen molar-refractivity contribution >= 4 is 5.70 Å². The molecule has 3 rings (SSSR count). The van der Waals surface area contributed by atoms with E-state index in [-0.39, 0.29) is 5.70 Å². The zero-order valence-electron chi connectivity index (χ0n) is 12.0. The third kappa shape index (κ3) is 2.48. The Morgan fingerprint density at radius 3 is 2.77 bits per heavy atom. The van der Waals surface area contributed by atoms with Crippen molar-refractivity contribution in [3.8, 4) is 22.9 Å². The Kier molecular flexibility index (Phi) is 3.69. The topological polar surface area (TPSA) is 97.1 Å². The number of ether oxygens (including phenoxy) is 1. The quantitative estimate of drug-likeness (QED) is 0.456. The van der Waals surface area contributed by atoms with Crippen LogP contribution in [0, 0.1) is 11.3 Å². The van der Waals surface area contributed by atoms with E-state index in [0.29, 0.717) is 5.70 Å². The summed E-state index contributed by atoms with van der Waals surface area (Å²) in [4.78, 5) is 0. The van der Waals surface area contributed by atoms with Gasteiger partial charge in [0.1, 0.15) is 11.8 Å². The smallest absolute Gasteiger partial charge is 0.151 e. The van der Waals surface area contributed by atoms with E-state index in [9.17, 15) is 0 Å². The Hall–Kier alpha value is -2.97. The van der Waals surface area contributed by atoms with Crippen molar-refractivity contribution in [1.82, 2.24) is 5.43 Å². The number of allylic oxidation sites excluding steroid dienone is 1. The van der Waals surface area contributed by atoms with E-state index >= 15 is 0 Å². The monoisotopic (exact) mass is 292 g/mol. The maximum Gasteiger partial charge on any atom is 0.151 e. The van der Waals surface area contributed by atoms with Crippen LogP contribution in [0.3, 0.4) is 0 Å². The Morgan fingerprint density at radius 2 is 2.00 bits per heavy atom. The molecule has 5 N–H and O–H groups in total. The minimum Gasteiger partial charge on any atom is -0.493 e. The number of hydrogen-bond acceptors (Lipinski definition) is 5. The number of nitrogens with zero attached hydrogens (tertiary/aromatic N) is 1. The van der Waals surface area contributed by atoms with Gasteiger partial charge in [0.05, 0.1) is 12.3 Å². The zero-order valence-corrected chi connectivity index (χ0v) is 12.0. The normalized spacial score (nSPS) is 13.6. The van der Waals surface area contributed by atoms with Crippen LogP contribution in [0.5, 0.6) is 5.75 Å². The first kappa shape index (κ1) is 14.0. The molecule has 0 bridgehead atoms. The summed E-state index contributed by atoms with van der Waals surface area (Å²) in [5.41, 5.74) is 12.9. The molecule has 0 fully saturated rings. The summed E-state index contributed by atoms with van der Waals surface area (Å²) in [6.45, 7) is 0.738. The standard InChI is InChI=1S/C17H16N4O/c18-10-15(21-20)17(19)14-3-1-2-11(9-14)12-4-5-16-13(8-12)6-7-22-16/h1-5,8-9,21H,6-7,19-20H2/b17-15-. The Labute approximate surface area is 128 Å².